The topological polar surface area (TPSA) is 131 Å². The Hall–Kier alpha value is -3.99. The average Bonchev–Trinajstić information content (AvgIpc) is 3.29. The molecule has 0 unspecified atom stereocenters. The Balaban J connectivity index is 1.44. The van der Waals surface area contributed by atoms with Crippen molar-refractivity contribution in [3.05, 3.63) is 69.0 Å². The van der Waals surface area contributed by atoms with E-state index in [9.17, 15) is 19.5 Å². The van der Waals surface area contributed by atoms with Crippen LogP contribution in [0.2, 0.25) is 0 Å². The van der Waals surface area contributed by atoms with E-state index in [1.807, 2.05) is 30.9 Å². The van der Waals surface area contributed by atoms with Crippen LogP contribution in [0.1, 0.15) is 32.9 Å². The van der Waals surface area contributed by atoms with E-state index in [2.05, 4.69) is 19.3 Å². The Morgan fingerprint density at radius 3 is 2.57 bits per heavy atom. The number of pyridine rings is 3. The smallest absolute Gasteiger partial charge is 0.341 e. The van der Waals surface area contributed by atoms with Gasteiger partial charge in [0.05, 0.1) is 11.3 Å². The number of aromatic carboxylic acids is 1. The second kappa shape index (κ2) is 8.66. The summed E-state index contributed by atoms with van der Waals surface area (Å²) in [5.41, 5.74) is 2.74. The summed E-state index contributed by atoms with van der Waals surface area (Å²) in [5, 5.41) is 10.2. The van der Waals surface area contributed by atoms with E-state index in [4.69, 9.17) is 0 Å². The molecule has 0 saturated carbocycles. The molecule has 10 nitrogen and oxygen atoms in total. The SMILES string of the molecule is Cc1ccc(CC(=O)C2CN(c3cc(C)c4c(=O)c(C(=O)O)cn(-c5ncns5)c4n3)C2)nc1C. The molecule has 0 radical (unpaired) electrons. The van der Waals surface area contributed by atoms with E-state index in [1.165, 1.54) is 17.1 Å². The molecule has 0 aromatic carbocycles. The van der Waals surface area contributed by atoms with Gasteiger partial charge in [-0.15, -0.1) is 0 Å². The van der Waals surface area contributed by atoms with Gasteiger partial charge >= 0.3 is 5.97 Å². The Morgan fingerprint density at radius 2 is 1.91 bits per heavy atom. The molecule has 35 heavy (non-hydrogen) atoms. The summed E-state index contributed by atoms with van der Waals surface area (Å²) < 4.78 is 5.48. The number of carboxylic acids is 1. The van der Waals surface area contributed by atoms with Gasteiger partial charge in [0.1, 0.15) is 23.5 Å². The van der Waals surface area contributed by atoms with E-state index in [0.29, 0.717) is 41.7 Å². The van der Waals surface area contributed by atoms with Crippen molar-refractivity contribution in [3.8, 4) is 5.13 Å². The van der Waals surface area contributed by atoms with Gasteiger partial charge < -0.3 is 10.0 Å². The van der Waals surface area contributed by atoms with Crippen molar-refractivity contribution in [2.75, 3.05) is 18.0 Å². The zero-order valence-electron chi connectivity index (χ0n) is 19.3. The Bertz CT molecular complexity index is 1540. The van der Waals surface area contributed by atoms with Crippen LogP contribution in [0, 0.1) is 26.7 Å². The summed E-state index contributed by atoms with van der Waals surface area (Å²) in [4.78, 5) is 52.7. The number of anilines is 1. The lowest BCUT2D eigenvalue weighted by atomic mass is 9.92. The number of hydrogen-bond donors (Lipinski definition) is 1. The number of carbonyl (C=O) groups is 2. The van der Waals surface area contributed by atoms with Crippen LogP contribution in [0.15, 0.2) is 35.5 Å². The van der Waals surface area contributed by atoms with Crippen molar-refractivity contribution in [1.29, 1.82) is 0 Å². The minimum absolute atomic E-state index is 0.129. The van der Waals surface area contributed by atoms with Gasteiger partial charge in [0.15, 0.2) is 5.65 Å². The van der Waals surface area contributed by atoms with Crippen molar-refractivity contribution in [1.82, 2.24) is 23.9 Å². The number of fused-ring (bicyclic) bond motifs is 1. The third-order valence-electron chi connectivity index (χ3n) is 6.35. The molecule has 5 rings (SSSR count). The maximum absolute atomic E-state index is 12.9. The molecule has 4 aromatic rings. The lowest BCUT2D eigenvalue weighted by molar-refractivity contribution is -0.123. The molecule has 1 aliphatic heterocycles. The van der Waals surface area contributed by atoms with Crippen LogP contribution in [-0.2, 0) is 11.2 Å². The number of carbonyl (C=O) groups excluding carboxylic acids is 1. The number of rotatable bonds is 6. The fourth-order valence-corrected chi connectivity index (χ4v) is 4.69. The van der Waals surface area contributed by atoms with Crippen molar-refractivity contribution in [2.45, 2.75) is 27.2 Å². The number of aryl methyl sites for hydroxylation is 3. The maximum Gasteiger partial charge on any atom is 0.341 e. The van der Waals surface area contributed by atoms with Gasteiger partial charge in [-0.3, -0.25) is 19.1 Å². The van der Waals surface area contributed by atoms with Crippen molar-refractivity contribution in [3.63, 3.8) is 0 Å². The molecule has 0 bridgehead atoms. The minimum Gasteiger partial charge on any atom is -0.477 e. The van der Waals surface area contributed by atoms with E-state index < -0.39 is 11.4 Å². The Morgan fingerprint density at radius 1 is 1.14 bits per heavy atom. The van der Waals surface area contributed by atoms with Crippen LogP contribution in [-0.4, -0.2) is 53.8 Å². The molecule has 1 fully saturated rings. The summed E-state index contributed by atoms with van der Waals surface area (Å²) in [6.07, 6.45) is 2.89. The summed E-state index contributed by atoms with van der Waals surface area (Å²) in [6, 6.07) is 5.63. The number of Topliss-reactive ketones (excluding diaryl/α,β-unsaturated/α-hetero) is 1. The molecular weight excluding hydrogens is 468 g/mol. The van der Waals surface area contributed by atoms with Gasteiger partial charge in [-0.1, -0.05) is 6.07 Å². The predicted molar refractivity (Wildman–Crippen MR) is 131 cm³/mol. The van der Waals surface area contributed by atoms with Crippen LogP contribution in [0.4, 0.5) is 5.82 Å². The van der Waals surface area contributed by atoms with E-state index in [-0.39, 0.29) is 22.7 Å². The molecule has 0 amide bonds. The van der Waals surface area contributed by atoms with Gasteiger partial charge in [0, 0.05) is 48.6 Å². The van der Waals surface area contributed by atoms with Crippen LogP contribution < -0.4 is 10.3 Å². The Kier molecular flexibility index (Phi) is 5.64. The highest BCUT2D eigenvalue weighted by atomic mass is 32.1. The maximum atomic E-state index is 12.9. The molecule has 0 aliphatic carbocycles. The van der Waals surface area contributed by atoms with Gasteiger partial charge in [-0.05, 0) is 44.0 Å². The first-order valence-corrected chi connectivity index (χ1v) is 11.8. The zero-order chi connectivity index (χ0) is 24.9. The highest BCUT2D eigenvalue weighted by Gasteiger charge is 2.34. The fourth-order valence-electron chi connectivity index (χ4n) is 4.18. The van der Waals surface area contributed by atoms with Crippen LogP contribution >= 0.6 is 11.5 Å². The normalized spacial score (nSPS) is 13.7. The van der Waals surface area contributed by atoms with Crippen molar-refractivity contribution < 1.29 is 14.7 Å². The number of aromatic nitrogens is 5. The predicted octanol–water partition coefficient (Wildman–Crippen LogP) is 2.50. The standard InChI is InChI=1S/C24H22N6O4S/c1-12-4-5-16(27-14(12)3)7-18(31)15-8-29(9-15)19-6-13(2)20-21(32)17(23(33)34)10-30(22(20)28-19)24-25-11-26-35-24/h4-6,10-11,15H,7-9H2,1-3H3,(H,33,34). The first-order chi connectivity index (χ1) is 16.7. The van der Waals surface area contributed by atoms with E-state index in [1.54, 1.807) is 13.0 Å². The first kappa shape index (κ1) is 22.8. The molecule has 0 spiro atoms. The summed E-state index contributed by atoms with van der Waals surface area (Å²) in [7, 11) is 0. The monoisotopic (exact) mass is 490 g/mol. The molecule has 1 N–H and O–H groups in total. The van der Waals surface area contributed by atoms with Gasteiger partial charge in [0.25, 0.3) is 0 Å². The van der Waals surface area contributed by atoms with Crippen LogP contribution in [0.5, 0.6) is 0 Å². The van der Waals surface area contributed by atoms with Gasteiger partial charge in [-0.25, -0.2) is 14.8 Å². The second-order valence-corrected chi connectivity index (χ2v) is 9.48. The van der Waals surface area contributed by atoms with Crippen LogP contribution in [0.25, 0.3) is 16.2 Å². The van der Waals surface area contributed by atoms with Gasteiger partial charge in [-0.2, -0.15) is 4.37 Å². The van der Waals surface area contributed by atoms with Gasteiger partial charge in [0.2, 0.25) is 10.6 Å². The number of ketones is 1. The molecule has 178 valence electrons. The van der Waals surface area contributed by atoms with E-state index >= 15 is 0 Å². The zero-order valence-corrected chi connectivity index (χ0v) is 20.2. The highest BCUT2D eigenvalue weighted by Crippen LogP contribution is 2.29. The summed E-state index contributed by atoms with van der Waals surface area (Å²) >= 11 is 1.07. The molecule has 11 heteroatoms. The van der Waals surface area contributed by atoms with Crippen molar-refractivity contribution >= 4 is 40.1 Å². The number of carboxylic acid groups (broad SMARTS) is 1. The third-order valence-corrected chi connectivity index (χ3v) is 7.02. The average molecular weight is 491 g/mol. The van der Waals surface area contributed by atoms with E-state index in [0.717, 1.165) is 28.5 Å². The number of nitrogens with zero attached hydrogens (tertiary/aromatic N) is 6. The Labute approximate surface area is 204 Å². The summed E-state index contributed by atoms with van der Waals surface area (Å²) in [5.74, 6) is -0.701. The third kappa shape index (κ3) is 4.08. The first-order valence-electron chi connectivity index (χ1n) is 11.0. The molecule has 5 heterocycles. The van der Waals surface area contributed by atoms with Crippen LogP contribution in [0.3, 0.4) is 0 Å². The molecule has 1 aliphatic rings. The molecule has 4 aromatic heterocycles. The molecular formula is C24H22N6O4S. The summed E-state index contributed by atoms with van der Waals surface area (Å²) in [6.45, 7) is 6.70. The highest BCUT2D eigenvalue weighted by molar-refractivity contribution is 7.08. The lowest BCUT2D eigenvalue weighted by Crippen LogP contribution is -2.51. The molecule has 1 saturated heterocycles. The largest absolute Gasteiger partial charge is 0.477 e. The molecule has 0 atom stereocenters. The number of hydrogen-bond acceptors (Lipinski definition) is 9. The van der Waals surface area contributed by atoms with Crippen molar-refractivity contribution in [2.24, 2.45) is 5.92 Å². The minimum atomic E-state index is -1.32. The lowest BCUT2D eigenvalue weighted by Gasteiger charge is -2.39. The fraction of sp³-hybridized carbons (Fsp3) is 0.292. The quantitative estimate of drug-likeness (QED) is 0.433. The second-order valence-electron chi connectivity index (χ2n) is 8.72.